The Hall–Kier alpha value is -1.38. The van der Waals surface area contributed by atoms with Gasteiger partial charge in [-0.25, -0.2) is 4.79 Å². The molecule has 0 bridgehead atoms. The van der Waals surface area contributed by atoms with Crippen LogP contribution in [0.25, 0.3) is 0 Å². The van der Waals surface area contributed by atoms with Gasteiger partial charge in [-0.3, -0.25) is 0 Å². The van der Waals surface area contributed by atoms with Gasteiger partial charge in [0.15, 0.2) is 0 Å². The Balaban J connectivity index is 2.42. The molecule has 0 aliphatic heterocycles. The van der Waals surface area contributed by atoms with Crippen molar-refractivity contribution >= 4 is 12.3 Å². The van der Waals surface area contributed by atoms with Crippen molar-refractivity contribution in [2.24, 2.45) is 10.8 Å². The number of aldehydes is 1. The van der Waals surface area contributed by atoms with Crippen LogP contribution in [0, 0.1) is 10.8 Å². The summed E-state index contributed by atoms with van der Waals surface area (Å²) < 4.78 is 4.68. The maximum atomic E-state index is 11.5. The second-order valence-corrected chi connectivity index (χ2v) is 5.12. The van der Waals surface area contributed by atoms with E-state index in [1.165, 1.54) is 7.11 Å². The fraction of sp³-hybridized carbons (Fsp3) is 0.571. The first-order valence-electron chi connectivity index (χ1n) is 6.01. The molecule has 0 unspecified atom stereocenters. The second kappa shape index (κ2) is 4.13. The van der Waals surface area contributed by atoms with Gasteiger partial charge in [0.1, 0.15) is 6.29 Å². The standard InChI is InChI=1S/C14H18O3/c1-13-6-3-4-7-14(13,10-15)8-5-11(13)9-12(16)17-2/h4,7,9-10H,3,5-6,8H2,1-2H3/b11-9-/t13-,14-/m0/s1. The Bertz CT molecular complexity index is 408. The summed E-state index contributed by atoms with van der Waals surface area (Å²) in [6, 6.07) is 0. The molecule has 3 heteroatoms. The van der Waals surface area contributed by atoms with Gasteiger partial charge >= 0.3 is 5.97 Å². The number of allylic oxidation sites excluding steroid dienone is 3. The summed E-state index contributed by atoms with van der Waals surface area (Å²) in [6.07, 6.45) is 10.2. The number of hydrogen-bond acceptors (Lipinski definition) is 3. The summed E-state index contributed by atoms with van der Waals surface area (Å²) in [6.45, 7) is 2.09. The third-order valence-electron chi connectivity index (χ3n) is 4.47. The Morgan fingerprint density at radius 1 is 1.47 bits per heavy atom. The number of rotatable bonds is 2. The Labute approximate surface area is 102 Å². The molecular formula is C14H18O3. The highest BCUT2D eigenvalue weighted by atomic mass is 16.5. The largest absolute Gasteiger partial charge is 0.466 e. The van der Waals surface area contributed by atoms with E-state index in [9.17, 15) is 9.59 Å². The van der Waals surface area contributed by atoms with Gasteiger partial charge in [-0.1, -0.05) is 24.6 Å². The van der Waals surface area contributed by atoms with Crippen LogP contribution in [-0.2, 0) is 14.3 Å². The van der Waals surface area contributed by atoms with Gasteiger partial charge in [0.05, 0.1) is 12.5 Å². The first-order valence-corrected chi connectivity index (χ1v) is 6.01. The van der Waals surface area contributed by atoms with E-state index >= 15 is 0 Å². The SMILES string of the molecule is COC(=O)/C=C1/CC[C@]2(C=O)C=CCC[C@@]12C. The third kappa shape index (κ3) is 1.65. The number of fused-ring (bicyclic) bond motifs is 1. The molecule has 1 fully saturated rings. The highest BCUT2D eigenvalue weighted by Crippen LogP contribution is 2.60. The van der Waals surface area contributed by atoms with E-state index in [4.69, 9.17) is 0 Å². The number of methoxy groups -OCH3 is 1. The molecule has 2 atom stereocenters. The molecule has 0 heterocycles. The molecule has 0 aromatic carbocycles. The van der Waals surface area contributed by atoms with E-state index in [1.807, 2.05) is 6.08 Å². The predicted octanol–water partition coefficient (Wildman–Crippen LogP) is 2.42. The first-order chi connectivity index (χ1) is 8.08. The highest BCUT2D eigenvalue weighted by Gasteiger charge is 2.53. The molecule has 0 radical (unpaired) electrons. The summed E-state index contributed by atoms with van der Waals surface area (Å²) in [5, 5.41) is 0. The van der Waals surface area contributed by atoms with Crippen LogP contribution in [0.3, 0.4) is 0 Å². The lowest BCUT2D eigenvalue weighted by Crippen LogP contribution is -2.38. The van der Waals surface area contributed by atoms with Crippen LogP contribution in [0.15, 0.2) is 23.8 Å². The number of carbonyl (C=O) groups is 2. The molecule has 0 aromatic rings. The minimum atomic E-state index is -0.412. The lowest BCUT2D eigenvalue weighted by molar-refractivity contribution is -0.135. The zero-order valence-electron chi connectivity index (χ0n) is 10.4. The van der Waals surface area contributed by atoms with Crippen LogP contribution in [0.2, 0.25) is 0 Å². The average Bonchev–Trinajstić information content (AvgIpc) is 2.63. The van der Waals surface area contributed by atoms with Gasteiger partial charge in [0.2, 0.25) is 0 Å². The quantitative estimate of drug-likeness (QED) is 0.319. The summed E-state index contributed by atoms with van der Waals surface area (Å²) in [5.41, 5.74) is 0.434. The average molecular weight is 234 g/mol. The minimum Gasteiger partial charge on any atom is -0.466 e. The van der Waals surface area contributed by atoms with Gasteiger partial charge in [0, 0.05) is 11.5 Å². The van der Waals surface area contributed by atoms with E-state index in [0.717, 1.165) is 37.5 Å². The molecule has 0 spiro atoms. The zero-order chi connectivity index (χ0) is 12.5. The summed E-state index contributed by atoms with van der Waals surface area (Å²) in [7, 11) is 1.38. The normalized spacial score (nSPS) is 37.9. The van der Waals surface area contributed by atoms with Gasteiger partial charge in [-0.2, -0.15) is 0 Å². The lowest BCUT2D eigenvalue weighted by atomic mass is 9.61. The zero-order valence-corrected chi connectivity index (χ0v) is 10.4. The van der Waals surface area contributed by atoms with Crippen molar-refractivity contribution in [1.82, 2.24) is 0 Å². The van der Waals surface area contributed by atoms with Crippen molar-refractivity contribution in [1.29, 1.82) is 0 Å². The summed E-state index contributed by atoms with van der Waals surface area (Å²) in [4.78, 5) is 22.8. The van der Waals surface area contributed by atoms with Crippen LogP contribution in [0.1, 0.15) is 32.6 Å². The van der Waals surface area contributed by atoms with Crippen LogP contribution in [0.5, 0.6) is 0 Å². The van der Waals surface area contributed by atoms with Crippen molar-refractivity contribution in [3.63, 3.8) is 0 Å². The topological polar surface area (TPSA) is 43.4 Å². The smallest absolute Gasteiger partial charge is 0.330 e. The molecule has 0 aromatic heterocycles. The number of carbonyl (C=O) groups excluding carboxylic acids is 2. The fourth-order valence-electron chi connectivity index (χ4n) is 3.18. The van der Waals surface area contributed by atoms with Gasteiger partial charge in [0.25, 0.3) is 0 Å². The van der Waals surface area contributed by atoms with E-state index in [1.54, 1.807) is 6.08 Å². The predicted molar refractivity (Wildman–Crippen MR) is 64.3 cm³/mol. The Morgan fingerprint density at radius 2 is 2.24 bits per heavy atom. The third-order valence-corrected chi connectivity index (χ3v) is 4.47. The van der Waals surface area contributed by atoms with E-state index in [0.29, 0.717) is 0 Å². The van der Waals surface area contributed by atoms with Crippen molar-refractivity contribution < 1.29 is 14.3 Å². The van der Waals surface area contributed by atoms with E-state index in [2.05, 4.69) is 17.7 Å². The first kappa shape index (κ1) is 12.1. The summed E-state index contributed by atoms with van der Waals surface area (Å²) in [5.74, 6) is -0.322. The summed E-state index contributed by atoms with van der Waals surface area (Å²) >= 11 is 0. The van der Waals surface area contributed by atoms with Crippen LogP contribution >= 0.6 is 0 Å². The van der Waals surface area contributed by atoms with Gasteiger partial charge in [-0.05, 0) is 25.7 Å². The Kier molecular flexibility index (Phi) is 2.94. The maximum absolute atomic E-state index is 11.5. The van der Waals surface area contributed by atoms with E-state index < -0.39 is 5.41 Å². The molecule has 0 saturated heterocycles. The van der Waals surface area contributed by atoms with Crippen LogP contribution in [-0.4, -0.2) is 19.4 Å². The van der Waals surface area contributed by atoms with Crippen LogP contribution in [0.4, 0.5) is 0 Å². The molecule has 17 heavy (non-hydrogen) atoms. The molecule has 2 aliphatic carbocycles. The van der Waals surface area contributed by atoms with Crippen molar-refractivity contribution in [3.8, 4) is 0 Å². The monoisotopic (exact) mass is 234 g/mol. The minimum absolute atomic E-state index is 0.211. The second-order valence-electron chi connectivity index (χ2n) is 5.12. The molecule has 0 N–H and O–H groups in total. The molecule has 3 nitrogen and oxygen atoms in total. The molecule has 0 amide bonds. The molecule has 92 valence electrons. The number of esters is 1. The van der Waals surface area contributed by atoms with Crippen molar-refractivity contribution in [2.75, 3.05) is 7.11 Å². The Morgan fingerprint density at radius 3 is 2.88 bits per heavy atom. The van der Waals surface area contributed by atoms with E-state index in [-0.39, 0.29) is 11.4 Å². The number of hydrogen-bond donors (Lipinski definition) is 0. The molecule has 1 saturated carbocycles. The molecular weight excluding hydrogens is 216 g/mol. The molecule has 2 aliphatic rings. The van der Waals surface area contributed by atoms with Crippen LogP contribution < -0.4 is 0 Å². The van der Waals surface area contributed by atoms with Gasteiger partial charge in [-0.15, -0.1) is 0 Å². The number of ether oxygens (including phenoxy) is 1. The fourth-order valence-corrected chi connectivity index (χ4v) is 3.18. The highest BCUT2D eigenvalue weighted by molar-refractivity contribution is 5.83. The lowest BCUT2D eigenvalue weighted by Gasteiger charge is -2.41. The maximum Gasteiger partial charge on any atom is 0.330 e. The van der Waals surface area contributed by atoms with Crippen molar-refractivity contribution in [2.45, 2.75) is 32.6 Å². The van der Waals surface area contributed by atoms with Gasteiger partial charge < -0.3 is 9.53 Å². The van der Waals surface area contributed by atoms with Crippen molar-refractivity contribution in [3.05, 3.63) is 23.8 Å². The molecule has 2 rings (SSSR count).